The molecule has 2 nitrogen and oxygen atoms in total. The maximum atomic E-state index is 11.7. The SMILES string of the molecule is CCOC(=O)C(C)/C(=C\c1ccccc1)CC. The van der Waals surface area contributed by atoms with Crippen LogP contribution in [0, 0.1) is 5.92 Å². The highest BCUT2D eigenvalue weighted by Gasteiger charge is 2.17. The quantitative estimate of drug-likeness (QED) is 0.724. The molecule has 0 saturated heterocycles. The van der Waals surface area contributed by atoms with E-state index in [1.54, 1.807) is 0 Å². The highest BCUT2D eigenvalue weighted by Crippen LogP contribution is 2.19. The summed E-state index contributed by atoms with van der Waals surface area (Å²) in [6, 6.07) is 10.0. The minimum atomic E-state index is -0.167. The maximum Gasteiger partial charge on any atom is 0.312 e. The van der Waals surface area contributed by atoms with Crippen molar-refractivity contribution in [3.05, 3.63) is 41.5 Å². The average Bonchev–Trinajstić information content (AvgIpc) is 2.36. The van der Waals surface area contributed by atoms with Crippen molar-refractivity contribution in [1.82, 2.24) is 0 Å². The number of hydrogen-bond acceptors (Lipinski definition) is 2. The van der Waals surface area contributed by atoms with E-state index in [1.165, 1.54) is 0 Å². The zero-order valence-corrected chi connectivity index (χ0v) is 10.8. The summed E-state index contributed by atoms with van der Waals surface area (Å²) < 4.78 is 5.04. The van der Waals surface area contributed by atoms with Gasteiger partial charge < -0.3 is 4.74 Å². The number of rotatable bonds is 5. The molecule has 0 aliphatic rings. The molecule has 0 spiro atoms. The molecule has 0 bridgehead atoms. The smallest absolute Gasteiger partial charge is 0.312 e. The van der Waals surface area contributed by atoms with Gasteiger partial charge in [0, 0.05) is 0 Å². The van der Waals surface area contributed by atoms with E-state index in [9.17, 15) is 4.79 Å². The van der Waals surface area contributed by atoms with Crippen LogP contribution in [-0.2, 0) is 9.53 Å². The second-order valence-electron chi connectivity index (χ2n) is 3.96. The van der Waals surface area contributed by atoms with Crippen LogP contribution in [0.1, 0.15) is 32.8 Å². The van der Waals surface area contributed by atoms with Crippen molar-refractivity contribution in [2.24, 2.45) is 5.92 Å². The van der Waals surface area contributed by atoms with Crippen LogP contribution in [0.25, 0.3) is 6.08 Å². The third-order valence-corrected chi connectivity index (χ3v) is 2.76. The van der Waals surface area contributed by atoms with Crippen LogP contribution in [0.3, 0.4) is 0 Å². The van der Waals surface area contributed by atoms with E-state index >= 15 is 0 Å². The van der Waals surface area contributed by atoms with Gasteiger partial charge in [-0.05, 0) is 25.8 Å². The van der Waals surface area contributed by atoms with Gasteiger partial charge in [0.25, 0.3) is 0 Å². The predicted molar refractivity (Wildman–Crippen MR) is 70.5 cm³/mol. The van der Waals surface area contributed by atoms with E-state index in [4.69, 9.17) is 4.74 Å². The van der Waals surface area contributed by atoms with E-state index < -0.39 is 0 Å². The predicted octanol–water partition coefficient (Wildman–Crippen LogP) is 3.68. The van der Waals surface area contributed by atoms with Gasteiger partial charge in [-0.1, -0.05) is 48.9 Å². The van der Waals surface area contributed by atoms with Gasteiger partial charge >= 0.3 is 5.97 Å². The van der Waals surface area contributed by atoms with Crippen molar-refractivity contribution in [3.8, 4) is 0 Å². The molecule has 0 heterocycles. The summed E-state index contributed by atoms with van der Waals surface area (Å²) >= 11 is 0. The topological polar surface area (TPSA) is 26.3 Å². The first-order valence-corrected chi connectivity index (χ1v) is 6.11. The number of carbonyl (C=O) groups excluding carboxylic acids is 1. The standard InChI is InChI=1S/C15H20O2/c1-4-14(12(3)15(16)17-5-2)11-13-9-7-6-8-10-13/h6-12H,4-5H2,1-3H3/b14-11-. The zero-order chi connectivity index (χ0) is 12.7. The first-order valence-electron chi connectivity index (χ1n) is 6.11. The molecule has 0 aromatic heterocycles. The van der Waals surface area contributed by atoms with Gasteiger partial charge in [-0.15, -0.1) is 0 Å². The Labute approximate surface area is 103 Å². The summed E-state index contributed by atoms with van der Waals surface area (Å²) in [5.41, 5.74) is 2.23. The van der Waals surface area contributed by atoms with Crippen molar-refractivity contribution >= 4 is 12.0 Å². The Morgan fingerprint density at radius 3 is 2.47 bits per heavy atom. The van der Waals surface area contributed by atoms with Gasteiger partial charge in [0.15, 0.2) is 0 Å². The minimum absolute atomic E-state index is 0.142. The Kier molecular flexibility index (Phi) is 5.47. The second-order valence-corrected chi connectivity index (χ2v) is 3.96. The third kappa shape index (κ3) is 4.06. The lowest BCUT2D eigenvalue weighted by molar-refractivity contribution is -0.146. The number of carbonyl (C=O) groups is 1. The minimum Gasteiger partial charge on any atom is -0.466 e. The molecule has 0 N–H and O–H groups in total. The molecular formula is C15H20O2. The molecule has 1 aromatic rings. The van der Waals surface area contributed by atoms with Crippen molar-refractivity contribution in [2.75, 3.05) is 6.61 Å². The molecule has 92 valence electrons. The Bertz CT molecular complexity index is 379. The average molecular weight is 232 g/mol. The number of esters is 1. The van der Waals surface area contributed by atoms with Crippen molar-refractivity contribution in [1.29, 1.82) is 0 Å². The van der Waals surface area contributed by atoms with E-state index in [0.717, 1.165) is 17.6 Å². The molecule has 0 radical (unpaired) electrons. The summed E-state index contributed by atoms with van der Waals surface area (Å²) in [4.78, 5) is 11.7. The number of hydrogen-bond donors (Lipinski definition) is 0. The lowest BCUT2D eigenvalue weighted by Gasteiger charge is -2.13. The van der Waals surface area contributed by atoms with Crippen LogP contribution in [0.2, 0.25) is 0 Å². The fourth-order valence-corrected chi connectivity index (χ4v) is 1.72. The summed E-state index contributed by atoms with van der Waals surface area (Å²) in [6.45, 7) is 6.23. The van der Waals surface area contributed by atoms with Crippen LogP contribution >= 0.6 is 0 Å². The molecule has 17 heavy (non-hydrogen) atoms. The molecule has 0 fully saturated rings. The first-order chi connectivity index (χ1) is 8.19. The van der Waals surface area contributed by atoms with Gasteiger partial charge in [0.2, 0.25) is 0 Å². The fraction of sp³-hybridized carbons (Fsp3) is 0.400. The Morgan fingerprint density at radius 1 is 1.29 bits per heavy atom. The van der Waals surface area contributed by atoms with Crippen molar-refractivity contribution < 1.29 is 9.53 Å². The van der Waals surface area contributed by atoms with Gasteiger partial charge in [-0.2, -0.15) is 0 Å². The van der Waals surface area contributed by atoms with Gasteiger partial charge in [-0.3, -0.25) is 4.79 Å². The Hall–Kier alpha value is -1.57. The molecule has 1 rings (SSSR count). The summed E-state index contributed by atoms with van der Waals surface area (Å²) in [7, 11) is 0. The molecule has 0 aliphatic heterocycles. The monoisotopic (exact) mass is 232 g/mol. The molecule has 1 atom stereocenters. The maximum absolute atomic E-state index is 11.7. The molecule has 1 unspecified atom stereocenters. The fourth-order valence-electron chi connectivity index (χ4n) is 1.72. The van der Waals surface area contributed by atoms with Gasteiger partial charge in [0.05, 0.1) is 12.5 Å². The lowest BCUT2D eigenvalue weighted by Crippen LogP contribution is -2.16. The summed E-state index contributed by atoms with van der Waals surface area (Å²) in [5, 5.41) is 0. The lowest BCUT2D eigenvalue weighted by atomic mass is 9.96. The van der Waals surface area contributed by atoms with Gasteiger partial charge in [0.1, 0.15) is 0 Å². The first kappa shape index (κ1) is 13.5. The third-order valence-electron chi connectivity index (χ3n) is 2.76. The summed E-state index contributed by atoms with van der Waals surface area (Å²) in [5.74, 6) is -0.309. The highest BCUT2D eigenvalue weighted by molar-refractivity contribution is 5.77. The summed E-state index contributed by atoms with van der Waals surface area (Å²) in [6.07, 6.45) is 2.93. The molecule has 0 saturated carbocycles. The number of benzene rings is 1. The van der Waals surface area contributed by atoms with Gasteiger partial charge in [-0.25, -0.2) is 0 Å². The molecular weight excluding hydrogens is 212 g/mol. The van der Waals surface area contributed by atoms with Crippen LogP contribution in [0.5, 0.6) is 0 Å². The van der Waals surface area contributed by atoms with Crippen LogP contribution in [0.15, 0.2) is 35.9 Å². The van der Waals surface area contributed by atoms with Crippen LogP contribution < -0.4 is 0 Å². The largest absolute Gasteiger partial charge is 0.466 e. The van der Waals surface area contributed by atoms with E-state index in [0.29, 0.717) is 6.61 Å². The second kappa shape index (κ2) is 6.89. The van der Waals surface area contributed by atoms with Crippen molar-refractivity contribution in [2.45, 2.75) is 27.2 Å². The molecule has 2 heteroatoms. The van der Waals surface area contributed by atoms with Crippen LogP contribution in [0.4, 0.5) is 0 Å². The van der Waals surface area contributed by atoms with Crippen molar-refractivity contribution in [3.63, 3.8) is 0 Å². The Balaban J connectivity index is 2.84. The van der Waals surface area contributed by atoms with E-state index in [2.05, 4.69) is 13.0 Å². The highest BCUT2D eigenvalue weighted by atomic mass is 16.5. The molecule has 0 aliphatic carbocycles. The molecule has 0 amide bonds. The van der Waals surface area contributed by atoms with Crippen LogP contribution in [-0.4, -0.2) is 12.6 Å². The normalized spacial score (nSPS) is 13.2. The Morgan fingerprint density at radius 2 is 1.94 bits per heavy atom. The van der Waals surface area contributed by atoms with E-state index in [-0.39, 0.29) is 11.9 Å². The number of ether oxygens (including phenoxy) is 1. The molecule has 1 aromatic carbocycles. The van der Waals surface area contributed by atoms with E-state index in [1.807, 2.05) is 44.2 Å². The zero-order valence-electron chi connectivity index (χ0n) is 10.8.